The van der Waals surface area contributed by atoms with Gasteiger partial charge in [0.25, 0.3) is 5.91 Å². The average Bonchev–Trinajstić information content (AvgIpc) is 3.25. The zero-order valence-electron chi connectivity index (χ0n) is 13.2. The Bertz CT molecular complexity index is 810. The van der Waals surface area contributed by atoms with E-state index in [9.17, 15) is 9.59 Å². The Morgan fingerprint density at radius 1 is 1.21 bits per heavy atom. The maximum atomic E-state index is 12.5. The Morgan fingerprint density at radius 3 is 2.75 bits per heavy atom. The number of nitrogens with zero attached hydrogens (tertiary/aromatic N) is 2. The number of hydrogen-bond donors (Lipinski definition) is 1. The largest absolute Gasteiger partial charge is 0.351 e. The minimum atomic E-state index is -0.138. The van der Waals surface area contributed by atoms with Crippen molar-refractivity contribution in [2.24, 2.45) is 0 Å². The molecule has 0 aliphatic carbocycles. The second kappa shape index (κ2) is 7.55. The number of thiazole rings is 1. The Labute approximate surface area is 147 Å². The highest BCUT2D eigenvalue weighted by Gasteiger charge is 2.18. The van der Waals surface area contributed by atoms with Crippen LogP contribution in [0.25, 0.3) is 10.2 Å². The molecule has 7 heteroatoms. The van der Waals surface area contributed by atoms with E-state index < -0.39 is 0 Å². The molecule has 0 fully saturated rings. The Hall–Kier alpha value is -2.25. The van der Waals surface area contributed by atoms with Crippen LogP contribution in [0, 0.1) is 0 Å². The summed E-state index contributed by atoms with van der Waals surface area (Å²) in [6.45, 7) is 2.79. The van der Waals surface area contributed by atoms with Gasteiger partial charge >= 0.3 is 0 Å². The van der Waals surface area contributed by atoms with Crippen molar-refractivity contribution in [3.63, 3.8) is 0 Å². The van der Waals surface area contributed by atoms with Gasteiger partial charge in [0.1, 0.15) is 0 Å². The van der Waals surface area contributed by atoms with Gasteiger partial charge in [0, 0.05) is 19.5 Å². The van der Waals surface area contributed by atoms with Crippen LogP contribution in [-0.2, 0) is 4.79 Å². The topological polar surface area (TPSA) is 62.3 Å². The molecule has 0 aliphatic heterocycles. The third-order valence-corrected chi connectivity index (χ3v) is 5.43. The monoisotopic (exact) mass is 359 g/mol. The van der Waals surface area contributed by atoms with Gasteiger partial charge in [-0.05, 0) is 30.5 Å². The molecule has 0 aliphatic rings. The maximum Gasteiger partial charge on any atom is 0.261 e. The number of benzene rings is 1. The van der Waals surface area contributed by atoms with Gasteiger partial charge in [-0.1, -0.05) is 29.5 Å². The first-order valence-electron chi connectivity index (χ1n) is 7.66. The average molecular weight is 359 g/mol. The van der Waals surface area contributed by atoms with Crippen molar-refractivity contribution < 1.29 is 9.59 Å². The third kappa shape index (κ3) is 3.63. The fraction of sp³-hybridized carbons (Fsp3) is 0.235. The summed E-state index contributed by atoms with van der Waals surface area (Å²) in [4.78, 5) is 31.2. The number of carbonyl (C=O) groups excluding carboxylic acids is 2. The van der Waals surface area contributed by atoms with Crippen LogP contribution in [0.3, 0.4) is 0 Å². The number of hydrogen-bond acceptors (Lipinski definition) is 5. The molecule has 1 N–H and O–H groups in total. The third-order valence-electron chi connectivity index (χ3n) is 3.50. The number of fused-ring (bicyclic) bond motifs is 1. The van der Waals surface area contributed by atoms with E-state index in [2.05, 4.69) is 10.3 Å². The van der Waals surface area contributed by atoms with E-state index in [1.54, 1.807) is 11.0 Å². The van der Waals surface area contributed by atoms with Crippen molar-refractivity contribution >= 4 is 49.8 Å². The van der Waals surface area contributed by atoms with Gasteiger partial charge in [0.05, 0.1) is 15.1 Å². The number of thiophene rings is 1. The quantitative estimate of drug-likeness (QED) is 0.732. The molecular formula is C17H17N3O2S2. The molecule has 0 atom stereocenters. The van der Waals surface area contributed by atoms with Crippen molar-refractivity contribution in [1.29, 1.82) is 0 Å². The number of carbonyl (C=O) groups is 2. The molecule has 2 amide bonds. The summed E-state index contributed by atoms with van der Waals surface area (Å²) in [5, 5.41) is 5.34. The molecule has 3 aromatic rings. The van der Waals surface area contributed by atoms with Crippen LogP contribution in [0.2, 0.25) is 0 Å². The van der Waals surface area contributed by atoms with E-state index in [0.717, 1.165) is 10.2 Å². The molecule has 2 heterocycles. The van der Waals surface area contributed by atoms with Crippen molar-refractivity contribution in [1.82, 2.24) is 10.3 Å². The molecule has 0 bridgehead atoms. The molecule has 5 nitrogen and oxygen atoms in total. The first kappa shape index (κ1) is 16.6. The van der Waals surface area contributed by atoms with Crippen molar-refractivity contribution in [2.75, 3.05) is 18.0 Å². The van der Waals surface area contributed by atoms with E-state index in [1.807, 2.05) is 42.6 Å². The lowest BCUT2D eigenvalue weighted by Gasteiger charge is -2.17. The molecule has 0 saturated carbocycles. The van der Waals surface area contributed by atoms with Crippen molar-refractivity contribution in [3.8, 4) is 0 Å². The van der Waals surface area contributed by atoms with E-state index in [0.29, 0.717) is 23.1 Å². The zero-order chi connectivity index (χ0) is 16.9. The first-order chi connectivity index (χ1) is 11.7. The maximum absolute atomic E-state index is 12.5. The molecule has 0 saturated heterocycles. The lowest BCUT2D eigenvalue weighted by molar-refractivity contribution is -0.118. The predicted octanol–water partition coefficient (Wildman–Crippen LogP) is 3.53. The summed E-state index contributed by atoms with van der Waals surface area (Å²) in [6, 6.07) is 11.4. The SMILES string of the molecule is CCN(C(=O)CCNC(=O)c1cccs1)c1nc2ccccc2s1. The number of anilines is 1. The van der Waals surface area contributed by atoms with Crippen molar-refractivity contribution in [2.45, 2.75) is 13.3 Å². The minimum absolute atomic E-state index is 0.0389. The molecule has 24 heavy (non-hydrogen) atoms. The molecule has 3 rings (SSSR count). The van der Waals surface area contributed by atoms with Crippen LogP contribution in [0.15, 0.2) is 41.8 Å². The van der Waals surface area contributed by atoms with Gasteiger partial charge in [0.2, 0.25) is 5.91 Å². The van der Waals surface area contributed by atoms with Crippen LogP contribution < -0.4 is 10.2 Å². The number of aromatic nitrogens is 1. The second-order valence-corrected chi connectivity index (χ2v) is 7.04. The summed E-state index contributed by atoms with van der Waals surface area (Å²) in [5.41, 5.74) is 0.898. The van der Waals surface area contributed by atoms with Crippen molar-refractivity contribution in [3.05, 3.63) is 46.7 Å². The highest BCUT2D eigenvalue weighted by Crippen LogP contribution is 2.28. The van der Waals surface area contributed by atoms with Gasteiger partial charge in [-0.25, -0.2) is 4.98 Å². The summed E-state index contributed by atoms with van der Waals surface area (Å²) in [7, 11) is 0. The first-order valence-corrected chi connectivity index (χ1v) is 9.36. The lowest BCUT2D eigenvalue weighted by atomic mass is 10.3. The second-order valence-electron chi connectivity index (χ2n) is 5.09. The molecule has 1 aromatic carbocycles. The van der Waals surface area contributed by atoms with Crippen LogP contribution in [-0.4, -0.2) is 29.9 Å². The molecule has 0 radical (unpaired) electrons. The van der Waals surface area contributed by atoms with Crippen LogP contribution in [0.1, 0.15) is 23.0 Å². The van der Waals surface area contributed by atoms with Crippen LogP contribution in [0.5, 0.6) is 0 Å². The van der Waals surface area contributed by atoms with E-state index in [1.165, 1.54) is 22.7 Å². The number of para-hydroxylation sites is 1. The molecule has 0 unspecified atom stereocenters. The van der Waals surface area contributed by atoms with E-state index in [-0.39, 0.29) is 18.2 Å². The predicted molar refractivity (Wildman–Crippen MR) is 98.9 cm³/mol. The fourth-order valence-electron chi connectivity index (χ4n) is 2.31. The summed E-state index contributed by atoms with van der Waals surface area (Å²) < 4.78 is 1.06. The van der Waals surface area contributed by atoms with E-state index in [4.69, 9.17) is 0 Å². The highest BCUT2D eigenvalue weighted by molar-refractivity contribution is 7.22. The molecule has 2 aromatic heterocycles. The lowest BCUT2D eigenvalue weighted by Crippen LogP contribution is -2.34. The normalized spacial score (nSPS) is 10.7. The van der Waals surface area contributed by atoms with Gasteiger partial charge < -0.3 is 5.32 Å². The Kier molecular flexibility index (Phi) is 5.22. The highest BCUT2D eigenvalue weighted by atomic mass is 32.1. The zero-order valence-corrected chi connectivity index (χ0v) is 14.8. The minimum Gasteiger partial charge on any atom is -0.351 e. The van der Waals surface area contributed by atoms with Gasteiger partial charge in [-0.3, -0.25) is 14.5 Å². The Balaban J connectivity index is 1.61. The molecular weight excluding hydrogens is 342 g/mol. The fourth-order valence-corrected chi connectivity index (χ4v) is 3.99. The van der Waals surface area contributed by atoms with Crippen LogP contribution in [0.4, 0.5) is 5.13 Å². The van der Waals surface area contributed by atoms with Gasteiger partial charge in [-0.2, -0.15) is 0 Å². The number of nitrogens with one attached hydrogen (secondary N) is 1. The standard InChI is InChI=1S/C17H17N3O2S2/c1-2-20(17-19-12-6-3-4-7-13(12)24-17)15(21)9-10-18-16(22)14-8-5-11-23-14/h3-8,11H,2,9-10H2,1H3,(H,18,22). The Morgan fingerprint density at radius 2 is 2.04 bits per heavy atom. The van der Waals surface area contributed by atoms with Crippen LogP contribution >= 0.6 is 22.7 Å². The summed E-state index contributed by atoms with van der Waals surface area (Å²) >= 11 is 2.89. The summed E-state index contributed by atoms with van der Waals surface area (Å²) in [6.07, 6.45) is 0.251. The number of rotatable bonds is 6. The molecule has 0 spiro atoms. The number of amides is 2. The molecule has 124 valence electrons. The van der Waals surface area contributed by atoms with Gasteiger partial charge in [0.15, 0.2) is 5.13 Å². The summed E-state index contributed by atoms with van der Waals surface area (Å²) in [5.74, 6) is -0.177. The smallest absolute Gasteiger partial charge is 0.261 e. The van der Waals surface area contributed by atoms with E-state index >= 15 is 0 Å². The van der Waals surface area contributed by atoms with Gasteiger partial charge in [-0.15, -0.1) is 11.3 Å².